The Morgan fingerprint density at radius 1 is 0.639 bits per heavy atom. The Balaban J connectivity index is 2.00. The van der Waals surface area contributed by atoms with Gasteiger partial charge in [-0.25, -0.2) is 9.59 Å². The van der Waals surface area contributed by atoms with Crippen LogP contribution in [-0.4, -0.2) is 47.2 Å². The molecule has 0 aromatic heterocycles. The Kier molecular flexibility index (Phi) is 8.24. The average molecular weight is 492 g/mol. The van der Waals surface area contributed by atoms with E-state index in [2.05, 4.69) is 10.6 Å². The largest absolute Gasteiger partial charge is 0.492 e. The summed E-state index contributed by atoms with van der Waals surface area (Å²) in [7, 11) is 0. The van der Waals surface area contributed by atoms with Gasteiger partial charge in [-0.2, -0.15) is 0 Å². The van der Waals surface area contributed by atoms with Gasteiger partial charge in [-0.05, 0) is 38.1 Å². The predicted octanol–water partition coefficient (Wildman–Crippen LogP) is 4.39. The minimum Gasteiger partial charge on any atom is -0.492 e. The molecule has 0 aliphatic heterocycles. The normalized spacial score (nSPS) is 10.3. The number of carboxylic acid groups (broad SMARTS) is 2. The van der Waals surface area contributed by atoms with Gasteiger partial charge in [-0.15, -0.1) is 0 Å². The molecule has 0 saturated carbocycles. The maximum absolute atomic E-state index is 12.9. The van der Waals surface area contributed by atoms with Crippen molar-refractivity contribution in [2.75, 3.05) is 23.8 Å². The number of amides is 2. The molecule has 36 heavy (non-hydrogen) atoms. The topological polar surface area (TPSA) is 151 Å². The minimum atomic E-state index is -1.25. The van der Waals surface area contributed by atoms with E-state index in [1.54, 1.807) is 26.0 Å². The molecule has 10 heteroatoms. The van der Waals surface area contributed by atoms with E-state index in [1.807, 2.05) is 0 Å². The third kappa shape index (κ3) is 5.79. The van der Waals surface area contributed by atoms with E-state index in [-0.39, 0.29) is 58.3 Å². The summed E-state index contributed by atoms with van der Waals surface area (Å²) >= 11 is 0. The molecule has 0 spiro atoms. The van der Waals surface area contributed by atoms with E-state index in [0.29, 0.717) is 0 Å². The Bertz CT molecular complexity index is 1220. The van der Waals surface area contributed by atoms with Gasteiger partial charge in [0.1, 0.15) is 11.5 Å². The molecule has 0 atom stereocenters. The predicted molar refractivity (Wildman–Crippen MR) is 131 cm³/mol. The van der Waals surface area contributed by atoms with Crippen LogP contribution in [0.15, 0.2) is 60.7 Å². The fourth-order valence-electron chi connectivity index (χ4n) is 3.42. The lowest BCUT2D eigenvalue weighted by molar-refractivity contribution is 0.0683. The number of benzene rings is 3. The highest BCUT2D eigenvalue weighted by molar-refractivity contribution is 6.13. The number of rotatable bonds is 10. The van der Waals surface area contributed by atoms with Crippen molar-refractivity contribution in [2.45, 2.75) is 13.8 Å². The monoisotopic (exact) mass is 492 g/mol. The molecule has 3 aromatic carbocycles. The van der Waals surface area contributed by atoms with Crippen molar-refractivity contribution < 1.29 is 38.9 Å². The van der Waals surface area contributed by atoms with Crippen LogP contribution in [0.4, 0.5) is 11.4 Å². The molecular formula is C26H24N2O8. The maximum atomic E-state index is 12.9. The van der Waals surface area contributed by atoms with Gasteiger partial charge in [0.05, 0.1) is 46.8 Å². The minimum absolute atomic E-state index is 0.0481. The number of nitrogens with one attached hydrogen (secondary N) is 2. The molecule has 10 nitrogen and oxygen atoms in total. The molecule has 0 radical (unpaired) electrons. The summed E-state index contributed by atoms with van der Waals surface area (Å²) in [6, 6.07) is 14.4. The molecule has 186 valence electrons. The van der Waals surface area contributed by atoms with Crippen molar-refractivity contribution in [2.24, 2.45) is 0 Å². The average Bonchev–Trinajstić information content (AvgIpc) is 2.86. The molecule has 0 fully saturated rings. The number of carbonyl (C=O) groups is 4. The second-order valence-corrected chi connectivity index (χ2v) is 7.32. The third-order valence-corrected chi connectivity index (χ3v) is 4.98. The first-order valence-electron chi connectivity index (χ1n) is 11.0. The molecule has 0 heterocycles. The van der Waals surface area contributed by atoms with Gasteiger partial charge in [-0.1, -0.05) is 24.3 Å². The van der Waals surface area contributed by atoms with Crippen molar-refractivity contribution >= 4 is 35.1 Å². The first-order chi connectivity index (χ1) is 17.3. The third-order valence-electron chi connectivity index (χ3n) is 4.98. The Morgan fingerprint density at radius 3 is 1.28 bits per heavy atom. The molecule has 0 unspecified atom stereocenters. The number of hydrogen-bond acceptors (Lipinski definition) is 6. The number of carboxylic acids is 2. The molecule has 0 bridgehead atoms. The fourth-order valence-corrected chi connectivity index (χ4v) is 3.42. The molecular weight excluding hydrogens is 468 g/mol. The summed E-state index contributed by atoms with van der Waals surface area (Å²) in [5.74, 6) is -3.49. The number of carbonyl (C=O) groups excluding carboxylic acids is 2. The van der Waals surface area contributed by atoms with Crippen LogP contribution in [-0.2, 0) is 0 Å². The Morgan fingerprint density at radius 2 is 0.972 bits per heavy atom. The van der Waals surface area contributed by atoms with E-state index in [4.69, 9.17) is 9.47 Å². The van der Waals surface area contributed by atoms with Crippen LogP contribution in [0.5, 0.6) is 11.5 Å². The first kappa shape index (κ1) is 25.8. The summed E-state index contributed by atoms with van der Waals surface area (Å²) in [5, 5.41) is 24.1. The highest BCUT2D eigenvalue weighted by atomic mass is 16.5. The van der Waals surface area contributed by atoms with Crippen molar-refractivity contribution in [1.29, 1.82) is 0 Å². The molecule has 3 rings (SSSR count). The van der Waals surface area contributed by atoms with Crippen LogP contribution in [0.25, 0.3) is 0 Å². The molecule has 4 N–H and O–H groups in total. The van der Waals surface area contributed by atoms with Gasteiger partial charge < -0.3 is 30.3 Å². The van der Waals surface area contributed by atoms with Gasteiger partial charge >= 0.3 is 11.9 Å². The quantitative estimate of drug-likeness (QED) is 0.325. The van der Waals surface area contributed by atoms with E-state index < -0.39 is 23.8 Å². The van der Waals surface area contributed by atoms with E-state index in [0.717, 1.165) is 0 Å². The van der Waals surface area contributed by atoms with Crippen molar-refractivity contribution in [3.8, 4) is 11.5 Å². The second kappa shape index (κ2) is 11.5. The zero-order chi connectivity index (χ0) is 26.2. The lowest BCUT2D eigenvalue weighted by Gasteiger charge is -2.18. The molecule has 0 aliphatic rings. The second-order valence-electron chi connectivity index (χ2n) is 7.32. The molecule has 0 aliphatic carbocycles. The van der Waals surface area contributed by atoms with Crippen LogP contribution >= 0.6 is 0 Å². The number of ether oxygens (including phenoxy) is 2. The Hall–Kier alpha value is -4.86. The van der Waals surface area contributed by atoms with Crippen LogP contribution in [0.2, 0.25) is 0 Å². The van der Waals surface area contributed by atoms with E-state index >= 15 is 0 Å². The van der Waals surface area contributed by atoms with Crippen molar-refractivity contribution in [3.05, 3.63) is 82.9 Å². The van der Waals surface area contributed by atoms with Gasteiger partial charge in [-0.3, -0.25) is 9.59 Å². The molecule has 2 amide bonds. The Labute approximate surface area is 206 Å². The number of aromatic carboxylic acids is 2. The van der Waals surface area contributed by atoms with Crippen LogP contribution < -0.4 is 20.1 Å². The van der Waals surface area contributed by atoms with Gasteiger partial charge in [0.15, 0.2) is 0 Å². The number of anilines is 2. The summed E-state index contributed by atoms with van der Waals surface area (Å²) in [5.41, 5.74) is -0.0528. The summed E-state index contributed by atoms with van der Waals surface area (Å²) < 4.78 is 11.3. The van der Waals surface area contributed by atoms with E-state index in [1.165, 1.54) is 48.5 Å². The van der Waals surface area contributed by atoms with Crippen LogP contribution in [0.1, 0.15) is 55.3 Å². The fraction of sp³-hybridized carbons (Fsp3) is 0.154. The zero-order valence-corrected chi connectivity index (χ0v) is 19.5. The molecule has 3 aromatic rings. The van der Waals surface area contributed by atoms with Crippen LogP contribution in [0, 0.1) is 0 Å². The first-order valence-corrected chi connectivity index (χ1v) is 11.0. The zero-order valence-electron chi connectivity index (χ0n) is 19.5. The molecule has 0 saturated heterocycles. The van der Waals surface area contributed by atoms with Crippen molar-refractivity contribution in [3.63, 3.8) is 0 Å². The number of hydrogen-bond donors (Lipinski definition) is 4. The van der Waals surface area contributed by atoms with Crippen molar-refractivity contribution in [1.82, 2.24) is 0 Å². The highest BCUT2D eigenvalue weighted by Gasteiger charge is 2.22. The summed E-state index contributed by atoms with van der Waals surface area (Å²) in [6.45, 7) is 3.89. The standard InChI is InChI=1S/C26H24N2O8/c1-3-35-21-13-20(28-24(30)16-10-6-8-12-18(16)26(33)34)22(36-4-2)14-19(21)27-23(29)15-9-5-7-11-17(15)25(31)32/h5-14H,3-4H2,1-2H3,(H,27,29)(H,28,30)(H,31,32)(H,33,34). The smallest absolute Gasteiger partial charge is 0.336 e. The van der Waals surface area contributed by atoms with Gasteiger partial charge in [0.2, 0.25) is 0 Å². The highest BCUT2D eigenvalue weighted by Crippen LogP contribution is 2.37. The SMILES string of the molecule is CCOc1cc(NC(=O)c2ccccc2C(=O)O)c(OCC)cc1NC(=O)c1ccccc1C(=O)O. The lowest BCUT2D eigenvalue weighted by atomic mass is 10.1. The van der Waals surface area contributed by atoms with Gasteiger partial charge in [0, 0.05) is 12.1 Å². The summed E-state index contributed by atoms with van der Waals surface area (Å²) in [6.07, 6.45) is 0. The van der Waals surface area contributed by atoms with Gasteiger partial charge in [0.25, 0.3) is 11.8 Å². The van der Waals surface area contributed by atoms with Crippen LogP contribution in [0.3, 0.4) is 0 Å². The lowest BCUT2D eigenvalue weighted by Crippen LogP contribution is -2.19. The van der Waals surface area contributed by atoms with E-state index in [9.17, 15) is 29.4 Å². The summed E-state index contributed by atoms with van der Waals surface area (Å²) in [4.78, 5) is 48.9. The maximum Gasteiger partial charge on any atom is 0.336 e.